The first-order valence-electron chi connectivity index (χ1n) is 4.63. The lowest BCUT2D eigenvalue weighted by Crippen LogP contribution is -2.34. The second-order valence-electron chi connectivity index (χ2n) is 3.09. The average Bonchev–Trinajstić information content (AvgIpc) is 2.10. The van der Waals surface area contributed by atoms with Crippen molar-refractivity contribution in [1.29, 1.82) is 0 Å². The highest BCUT2D eigenvalue weighted by molar-refractivity contribution is 7.89. The number of likely N-dealkylation sites (N-methyl/N-ethyl adjacent to an activating group) is 2. The third-order valence-electron chi connectivity index (χ3n) is 1.91. The smallest absolute Gasteiger partial charge is 0.213 e. The van der Waals surface area contributed by atoms with Gasteiger partial charge in [-0.3, -0.25) is 0 Å². The number of unbranched alkanes of at least 4 members (excludes halogenated alkanes) is 1. The lowest BCUT2D eigenvalue weighted by molar-refractivity contribution is 0.464. The van der Waals surface area contributed by atoms with E-state index in [1.54, 1.807) is 7.05 Å². The summed E-state index contributed by atoms with van der Waals surface area (Å²) in [4.78, 5) is 0. The monoisotopic (exact) mass is 208 g/mol. The highest BCUT2D eigenvalue weighted by atomic mass is 32.2. The summed E-state index contributed by atoms with van der Waals surface area (Å²) in [5.41, 5.74) is 0. The summed E-state index contributed by atoms with van der Waals surface area (Å²) < 4.78 is 24.4. The summed E-state index contributed by atoms with van der Waals surface area (Å²) in [6.07, 6.45) is 1.66. The van der Waals surface area contributed by atoms with E-state index in [2.05, 4.69) is 5.32 Å². The molecule has 0 amide bonds. The topological polar surface area (TPSA) is 49.4 Å². The molecule has 0 saturated carbocycles. The van der Waals surface area contributed by atoms with Gasteiger partial charge in [0.25, 0.3) is 0 Å². The Morgan fingerprint density at radius 2 is 2.00 bits per heavy atom. The van der Waals surface area contributed by atoms with Crippen LogP contribution in [-0.4, -0.2) is 45.7 Å². The predicted molar refractivity (Wildman–Crippen MR) is 55.3 cm³/mol. The van der Waals surface area contributed by atoms with E-state index in [1.165, 1.54) is 4.31 Å². The fourth-order valence-corrected chi connectivity index (χ4v) is 2.23. The molecular weight excluding hydrogens is 188 g/mol. The molecule has 0 bridgehead atoms. The fourth-order valence-electron chi connectivity index (χ4n) is 0.891. The van der Waals surface area contributed by atoms with Crippen molar-refractivity contribution < 1.29 is 8.42 Å². The van der Waals surface area contributed by atoms with Gasteiger partial charge in [-0.2, -0.15) is 0 Å². The highest BCUT2D eigenvalue weighted by Crippen LogP contribution is 2.01. The van der Waals surface area contributed by atoms with E-state index in [9.17, 15) is 8.42 Å². The van der Waals surface area contributed by atoms with Crippen LogP contribution < -0.4 is 5.32 Å². The lowest BCUT2D eigenvalue weighted by atomic mass is 10.4. The molecule has 0 aromatic carbocycles. The Kier molecular flexibility index (Phi) is 6.28. The van der Waals surface area contributed by atoms with Crippen molar-refractivity contribution in [1.82, 2.24) is 9.62 Å². The molecular formula is C8H20N2O2S. The quantitative estimate of drug-likeness (QED) is 0.653. The van der Waals surface area contributed by atoms with Crippen molar-refractivity contribution in [3.8, 4) is 0 Å². The van der Waals surface area contributed by atoms with E-state index in [0.717, 1.165) is 12.8 Å². The van der Waals surface area contributed by atoms with Gasteiger partial charge in [-0.15, -0.1) is 0 Å². The largest absolute Gasteiger partial charge is 0.318 e. The third kappa shape index (κ3) is 5.23. The highest BCUT2D eigenvalue weighted by Gasteiger charge is 2.15. The molecule has 0 atom stereocenters. The van der Waals surface area contributed by atoms with Gasteiger partial charge in [-0.1, -0.05) is 13.3 Å². The number of hydrogen-bond acceptors (Lipinski definition) is 3. The number of hydrogen-bond donors (Lipinski definition) is 1. The minimum atomic E-state index is -3.00. The van der Waals surface area contributed by atoms with Gasteiger partial charge in [0.05, 0.1) is 5.75 Å². The summed E-state index contributed by atoms with van der Waals surface area (Å²) >= 11 is 0. The van der Waals surface area contributed by atoms with Crippen LogP contribution in [0.15, 0.2) is 0 Å². The zero-order valence-corrected chi connectivity index (χ0v) is 9.52. The molecule has 0 spiro atoms. The maximum absolute atomic E-state index is 11.5. The first-order chi connectivity index (χ1) is 6.04. The molecule has 4 nitrogen and oxygen atoms in total. The summed E-state index contributed by atoms with van der Waals surface area (Å²) in [5, 5.41) is 2.92. The standard InChI is InChI=1S/C8H20N2O2S/c1-4-5-8-13(11,12)10(3)7-6-9-2/h9H,4-8H2,1-3H3. The van der Waals surface area contributed by atoms with Crippen LogP contribution in [0.2, 0.25) is 0 Å². The molecule has 0 aliphatic heterocycles. The summed E-state index contributed by atoms with van der Waals surface area (Å²) in [6, 6.07) is 0. The molecule has 0 aromatic rings. The summed E-state index contributed by atoms with van der Waals surface area (Å²) in [7, 11) is 0.438. The normalized spacial score (nSPS) is 12.3. The zero-order chi connectivity index (χ0) is 10.3. The second kappa shape index (κ2) is 6.34. The van der Waals surface area contributed by atoms with Crippen molar-refractivity contribution in [2.75, 3.05) is 32.9 Å². The van der Waals surface area contributed by atoms with Crippen molar-refractivity contribution in [2.45, 2.75) is 19.8 Å². The van der Waals surface area contributed by atoms with Crippen LogP contribution in [0.5, 0.6) is 0 Å². The molecule has 0 radical (unpaired) electrons. The van der Waals surface area contributed by atoms with Crippen molar-refractivity contribution in [3.05, 3.63) is 0 Å². The van der Waals surface area contributed by atoms with E-state index >= 15 is 0 Å². The van der Waals surface area contributed by atoms with Crippen LogP contribution in [0.1, 0.15) is 19.8 Å². The van der Waals surface area contributed by atoms with Gasteiger partial charge in [0.1, 0.15) is 0 Å². The Morgan fingerprint density at radius 3 is 2.46 bits per heavy atom. The zero-order valence-electron chi connectivity index (χ0n) is 8.71. The third-order valence-corrected chi connectivity index (χ3v) is 3.84. The first kappa shape index (κ1) is 12.9. The predicted octanol–water partition coefficient (Wildman–Crippen LogP) is 0.268. The molecule has 0 aromatic heterocycles. The lowest BCUT2D eigenvalue weighted by Gasteiger charge is -2.16. The molecule has 0 rings (SSSR count). The van der Waals surface area contributed by atoms with Crippen LogP contribution in [0, 0.1) is 0 Å². The Morgan fingerprint density at radius 1 is 1.38 bits per heavy atom. The number of nitrogens with zero attached hydrogens (tertiary/aromatic N) is 1. The maximum atomic E-state index is 11.5. The molecule has 13 heavy (non-hydrogen) atoms. The average molecular weight is 208 g/mol. The van der Waals surface area contributed by atoms with Crippen molar-refractivity contribution in [2.24, 2.45) is 0 Å². The van der Waals surface area contributed by atoms with Crippen LogP contribution >= 0.6 is 0 Å². The summed E-state index contributed by atoms with van der Waals surface area (Å²) in [6.45, 7) is 3.23. The Balaban J connectivity index is 3.96. The Bertz CT molecular complexity index is 214. The molecule has 0 unspecified atom stereocenters. The van der Waals surface area contributed by atoms with Crippen LogP contribution in [0.4, 0.5) is 0 Å². The minimum Gasteiger partial charge on any atom is -0.318 e. The molecule has 80 valence electrons. The van der Waals surface area contributed by atoms with Crippen LogP contribution in [-0.2, 0) is 10.0 Å². The van der Waals surface area contributed by atoms with Gasteiger partial charge >= 0.3 is 0 Å². The van der Waals surface area contributed by atoms with Gasteiger partial charge in [0.15, 0.2) is 0 Å². The van der Waals surface area contributed by atoms with Gasteiger partial charge in [0, 0.05) is 20.1 Å². The van der Waals surface area contributed by atoms with Crippen molar-refractivity contribution >= 4 is 10.0 Å². The molecule has 0 heterocycles. The molecule has 5 heteroatoms. The van der Waals surface area contributed by atoms with Crippen molar-refractivity contribution in [3.63, 3.8) is 0 Å². The van der Waals surface area contributed by atoms with Gasteiger partial charge in [-0.25, -0.2) is 12.7 Å². The molecule has 1 N–H and O–H groups in total. The van der Waals surface area contributed by atoms with E-state index in [-0.39, 0.29) is 5.75 Å². The molecule has 0 saturated heterocycles. The van der Waals surface area contributed by atoms with Gasteiger partial charge < -0.3 is 5.32 Å². The molecule has 0 fully saturated rings. The van der Waals surface area contributed by atoms with E-state index < -0.39 is 10.0 Å². The van der Waals surface area contributed by atoms with Crippen LogP contribution in [0.25, 0.3) is 0 Å². The second-order valence-corrected chi connectivity index (χ2v) is 5.29. The maximum Gasteiger partial charge on any atom is 0.213 e. The summed E-state index contributed by atoms with van der Waals surface area (Å²) in [5.74, 6) is 0.268. The van der Waals surface area contributed by atoms with Crippen LogP contribution in [0.3, 0.4) is 0 Å². The van der Waals surface area contributed by atoms with Gasteiger partial charge in [0.2, 0.25) is 10.0 Å². The van der Waals surface area contributed by atoms with E-state index in [1.807, 2.05) is 14.0 Å². The SMILES string of the molecule is CCCCS(=O)(=O)N(C)CCNC. The Labute approximate surface area is 81.4 Å². The molecule has 0 aliphatic carbocycles. The van der Waals surface area contributed by atoms with E-state index in [0.29, 0.717) is 13.1 Å². The first-order valence-corrected chi connectivity index (χ1v) is 6.24. The van der Waals surface area contributed by atoms with E-state index in [4.69, 9.17) is 0 Å². The number of sulfonamides is 1. The fraction of sp³-hybridized carbons (Fsp3) is 1.00. The van der Waals surface area contributed by atoms with Gasteiger partial charge in [-0.05, 0) is 13.5 Å². The molecule has 0 aliphatic rings. The Hall–Kier alpha value is -0.130. The number of nitrogens with one attached hydrogen (secondary N) is 1. The minimum absolute atomic E-state index is 0.268. The number of rotatable bonds is 7.